The van der Waals surface area contributed by atoms with Crippen molar-refractivity contribution >= 4 is 39.3 Å². The summed E-state index contributed by atoms with van der Waals surface area (Å²) in [5.41, 5.74) is 1.43. The SMILES string of the molecule is O=C([O-])CCCSc1ncnc2sc3c(c12)CCCC3. The van der Waals surface area contributed by atoms with Crippen molar-refractivity contribution in [2.24, 2.45) is 0 Å². The van der Waals surface area contributed by atoms with Gasteiger partial charge in [-0.1, -0.05) is 0 Å². The Balaban J connectivity index is 1.83. The minimum Gasteiger partial charge on any atom is -0.550 e. The van der Waals surface area contributed by atoms with Crippen molar-refractivity contribution in [3.05, 3.63) is 16.8 Å². The molecule has 2 aromatic heterocycles. The molecule has 0 saturated carbocycles. The summed E-state index contributed by atoms with van der Waals surface area (Å²) < 4.78 is 0. The molecule has 0 spiro atoms. The molecule has 0 radical (unpaired) electrons. The van der Waals surface area contributed by atoms with Crippen LogP contribution in [-0.2, 0) is 17.6 Å². The quantitative estimate of drug-likeness (QED) is 0.481. The number of rotatable bonds is 5. The van der Waals surface area contributed by atoms with Crippen LogP contribution in [0.3, 0.4) is 0 Å². The molecular weight excluding hydrogens is 292 g/mol. The summed E-state index contributed by atoms with van der Waals surface area (Å²) in [4.78, 5) is 21.8. The predicted octanol–water partition coefficient (Wildman–Crippen LogP) is 2.19. The molecule has 1 aliphatic carbocycles. The molecule has 3 rings (SSSR count). The van der Waals surface area contributed by atoms with Crippen molar-refractivity contribution in [2.75, 3.05) is 5.75 Å². The number of aryl methyl sites for hydroxylation is 2. The first-order chi connectivity index (χ1) is 9.75. The van der Waals surface area contributed by atoms with E-state index >= 15 is 0 Å². The number of carbonyl (C=O) groups is 1. The number of fused-ring (bicyclic) bond motifs is 3. The maximum Gasteiger partial charge on any atom is 0.128 e. The fourth-order valence-electron chi connectivity index (χ4n) is 2.56. The van der Waals surface area contributed by atoms with E-state index in [4.69, 9.17) is 0 Å². The second-order valence-electron chi connectivity index (χ2n) is 4.89. The number of nitrogens with zero attached hydrogens (tertiary/aromatic N) is 2. The Kier molecular flexibility index (Phi) is 4.21. The number of carboxylic acids is 1. The molecule has 0 aromatic carbocycles. The third-order valence-electron chi connectivity index (χ3n) is 3.48. The van der Waals surface area contributed by atoms with Crippen LogP contribution in [-0.4, -0.2) is 21.7 Å². The Morgan fingerprint density at radius 2 is 2.20 bits per heavy atom. The Labute approximate surface area is 125 Å². The largest absolute Gasteiger partial charge is 0.550 e. The third kappa shape index (κ3) is 2.81. The van der Waals surface area contributed by atoms with Gasteiger partial charge in [0.05, 0.1) is 0 Å². The number of aromatic nitrogens is 2. The first-order valence-corrected chi connectivity index (χ1v) is 8.64. The van der Waals surface area contributed by atoms with E-state index in [1.165, 1.54) is 28.7 Å². The zero-order chi connectivity index (χ0) is 13.9. The molecule has 0 fully saturated rings. The summed E-state index contributed by atoms with van der Waals surface area (Å²) in [5.74, 6) is -0.226. The molecule has 0 aliphatic heterocycles. The first kappa shape index (κ1) is 13.8. The molecule has 0 bridgehead atoms. The van der Waals surface area contributed by atoms with Crippen molar-refractivity contribution in [1.82, 2.24) is 9.97 Å². The van der Waals surface area contributed by atoms with Gasteiger partial charge in [-0.3, -0.25) is 0 Å². The van der Waals surface area contributed by atoms with Gasteiger partial charge in [0.1, 0.15) is 16.2 Å². The Morgan fingerprint density at radius 3 is 3.05 bits per heavy atom. The predicted molar refractivity (Wildman–Crippen MR) is 79.0 cm³/mol. The van der Waals surface area contributed by atoms with E-state index in [-0.39, 0.29) is 6.42 Å². The van der Waals surface area contributed by atoms with Gasteiger partial charge in [0, 0.05) is 16.2 Å². The van der Waals surface area contributed by atoms with E-state index in [0.717, 1.165) is 28.5 Å². The van der Waals surface area contributed by atoms with E-state index < -0.39 is 5.97 Å². The van der Waals surface area contributed by atoms with Gasteiger partial charge in [0.2, 0.25) is 0 Å². The van der Waals surface area contributed by atoms with Crippen LogP contribution < -0.4 is 5.11 Å². The lowest BCUT2D eigenvalue weighted by molar-refractivity contribution is -0.305. The lowest BCUT2D eigenvalue weighted by Gasteiger charge is -2.11. The lowest BCUT2D eigenvalue weighted by Crippen LogP contribution is -2.21. The van der Waals surface area contributed by atoms with Crippen molar-refractivity contribution in [1.29, 1.82) is 0 Å². The molecule has 106 valence electrons. The Bertz CT molecular complexity index is 639. The molecule has 1 aliphatic rings. The van der Waals surface area contributed by atoms with Crippen molar-refractivity contribution in [3.8, 4) is 0 Å². The minimum absolute atomic E-state index is 0.114. The second-order valence-corrected chi connectivity index (χ2v) is 7.06. The number of aliphatic carboxylic acids is 1. The van der Waals surface area contributed by atoms with E-state index in [9.17, 15) is 9.90 Å². The van der Waals surface area contributed by atoms with Crippen LogP contribution in [0, 0.1) is 0 Å². The Morgan fingerprint density at radius 1 is 1.35 bits per heavy atom. The van der Waals surface area contributed by atoms with Crippen LogP contribution >= 0.6 is 23.1 Å². The summed E-state index contributed by atoms with van der Waals surface area (Å²) >= 11 is 3.42. The molecule has 0 N–H and O–H groups in total. The summed E-state index contributed by atoms with van der Waals surface area (Å²) in [6, 6.07) is 0. The van der Waals surface area contributed by atoms with Crippen molar-refractivity contribution in [3.63, 3.8) is 0 Å². The van der Waals surface area contributed by atoms with Gasteiger partial charge in [-0.05, 0) is 49.8 Å². The smallest absolute Gasteiger partial charge is 0.128 e. The number of carbonyl (C=O) groups excluding carboxylic acids is 1. The average Bonchev–Trinajstić information content (AvgIpc) is 2.82. The van der Waals surface area contributed by atoms with Crippen molar-refractivity contribution < 1.29 is 9.90 Å². The van der Waals surface area contributed by atoms with Gasteiger partial charge < -0.3 is 9.90 Å². The normalized spacial score (nSPS) is 14.4. The number of thiophene rings is 1. The highest BCUT2D eigenvalue weighted by atomic mass is 32.2. The van der Waals surface area contributed by atoms with Gasteiger partial charge in [-0.25, -0.2) is 9.97 Å². The summed E-state index contributed by atoms with van der Waals surface area (Å²) in [6.45, 7) is 0. The highest BCUT2D eigenvalue weighted by Gasteiger charge is 2.19. The molecule has 2 heterocycles. The molecular formula is C14H15N2O2S2-. The van der Waals surface area contributed by atoms with Crippen LogP contribution in [0.15, 0.2) is 11.4 Å². The van der Waals surface area contributed by atoms with Crippen LogP contribution in [0.1, 0.15) is 36.1 Å². The van der Waals surface area contributed by atoms with E-state index in [0.29, 0.717) is 6.42 Å². The molecule has 20 heavy (non-hydrogen) atoms. The van der Waals surface area contributed by atoms with Crippen LogP contribution in [0.5, 0.6) is 0 Å². The highest BCUT2D eigenvalue weighted by molar-refractivity contribution is 7.99. The Hall–Kier alpha value is -1.14. The van der Waals surface area contributed by atoms with Gasteiger partial charge in [-0.2, -0.15) is 0 Å². The van der Waals surface area contributed by atoms with Crippen LogP contribution in [0.4, 0.5) is 0 Å². The average molecular weight is 307 g/mol. The van der Waals surface area contributed by atoms with Crippen LogP contribution in [0.25, 0.3) is 10.2 Å². The maximum atomic E-state index is 10.4. The number of carboxylic acid groups (broad SMARTS) is 1. The van der Waals surface area contributed by atoms with Crippen molar-refractivity contribution in [2.45, 2.75) is 43.6 Å². The fraction of sp³-hybridized carbons (Fsp3) is 0.500. The van der Waals surface area contributed by atoms with Crippen LogP contribution in [0.2, 0.25) is 0 Å². The molecule has 4 nitrogen and oxygen atoms in total. The third-order valence-corrected chi connectivity index (χ3v) is 5.76. The number of thioether (sulfide) groups is 1. The van der Waals surface area contributed by atoms with E-state index in [1.807, 2.05) is 0 Å². The summed E-state index contributed by atoms with van der Waals surface area (Å²) in [5, 5.41) is 12.6. The van der Waals surface area contributed by atoms with Gasteiger partial charge in [0.15, 0.2) is 0 Å². The zero-order valence-corrected chi connectivity index (χ0v) is 12.7. The molecule has 6 heteroatoms. The molecule has 0 atom stereocenters. The summed E-state index contributed by atoms with van der Waals surface area (Å²) in [6.07, 6.45) is 7.13. The first-order valence-electron chi connectivity index (χ1n) is 6.83. The maximum absolute atomic E-state index is 10.4. The molecule has 0 amide bonds. The standard InChI is InChI=1S/C14H16N2O2S2/c17-11(18)6-3-7-19-13-12-9-4-1-2-5-10(9)20-14(12)16-8-15-13/h8H,1-7H2,(H,17,18)/p-1. The topological polar surface area (TPSA) is 65.9 Å². The number of hydrogen-bond donors (Lipinski definition) is 0. The second kappa shape index (κ2) is 6.10. The number of hydrogen-bond acceptors (Lipinski definition) is 6. The highest BCUT2D eigenvalue weighted by Crippen LogP contribution is 2.39. The summed E-state index contributed by atoms with van der Waals surface area (Å²) in [7, 11) is 0. The van der Waals surface area contributed by atoms with E-state index in [2.05, 4.69) is 9.97 Å². The van der Waals surface area contributed by atoms with E-state index in [1.54, 1.807) is 29.4 Å². The molecule has 2 aromatic rings. The molecule has 0 unspecified atom stereocenters. The van der Waals surface area contributed by atoms with Gasteiger partial charge >= 0.3 is 0 Å². The lowest BCUT2D eigenvalue weighted by atomic mass is 9.97. The van der Waals surface area contributed by atoms with Gasteiger partial charge in [0.25, 0.3) is 0 Å². The zero-order valence-electron chi connectivity index (χ0n) is 11.1. The monoisotopic (exact) mass is 307 g/mol. The fourth-order valence-corrected chi connectivity index (χ4v) is 4.82. The minimum atomic E-state index is -0.980. The van der Waals surface area contributed by atoms with Gasteiger partial charge in [-0.15, -0.1) is 23.1 Å². The molecule has 0 saturated heterocycles.